The molecule has 2 saturated heterocycles. The Morgan fingerprint density at radius 2 is 1.20 bits per heavy atom. The molecule has 2 aliphatic rings. The Morgan fingerprint density at radius 3 is 1.80 bits per heavy atom. The van der Waals surface area contributed by atoms with Crippen LogP contribution in [0.25, 0.3) is 0 Å². The van der Waals surface area contributed by atoms with Crippen LogP contribution < -0.4 is 0 Å². The Kier molecular flexibility index (Phi) is 9.29. The smallest absolute Gasteiger partial charge is 0.202 e. The lowest BCUT2D eigenvalue weighted by Crippen LogP contribution is -2.63. The van der Waals surface area contributed by atoms with Crippen LogP contribution in [0, 0.1) is 0 Å². The first-order valence-corrected chi connectivity index (χ1v) is 14.7. The largest absolute Gasteiger partial charge is 0.368 e. The Hall–Kier alpha value is -3.21. The van der Waals surface area contributed by atoms with Gasteiger partial charge in [0.25, 0.3) is 0 Å². The first kappa shape index (κ1) is 27.9. The number of hydrogen-bond donors (Lipinski definition) is 0. The molecule has 7 nitrogen and oxygen atoms in total. The highest BCUT2D eigenvalue weighted by molar-refractivity contribution is 7.80. The molecule has 2 unspecified atom stereocenters. The van der Waals surface area contributed by atoms with Crippen molar-refractivity contribution in [2.24, 2.45) is 0 Å². The summed E-state index contributed by atoms with van der Waals surface area (Å²) in [5, 5.41) is 0. The fourth-order valence-corrected chi connectivity index (χ4v) is 5.79. The summed E-state index contributed by atoms with van der Waals surface area (Å²) < 4.78 is 51.3. The quantitative estimate of drug-likeness (QED) is 0.240. The van der Waals surface area contributed by atoms with Gasteiger partial charge in [0.05, 0.1) is 24.7 Å². The van der Waals surface area contributed by atoms with Crippen LogP contribution in [0.15, 0.2) is 126 Å². The Bertz CT molecular complexity index is 1370. The number of hydrogen-bond acceptors (Lipinski definition) is 7. The molecular weight excluding hydrogens is 540 g/mol. The van der Waals surface area contributed by atoms with Gasteiger partial charge in [0.15, 0.2) is 17.4 Å². The van der Waals surface area contributed by atoms with Crippen molar-refractivity contribution in [3.63, 3.8) is 0 Å². The van der Waals surface area contributed by atoms with Crippen LogP contribution in [-0.2, 0) is 52.2 Å². The summed E-state index contributed by atoms with van der Waals surface area (Å²) in [5.74, 6) is 0. The molecule has 2 aliphatic heterocycles. The molecule has 4 aromatic rings. The summed E-state index contributed by atoms with van der Waals surface area (Å²) in [5.41, 5.74) is 2.89. The maximum atomic E-state index is 13.3. The van der Waals surface area contributed by atoms with Gasteiger partial charge in [-0.05, 0) is 23.3 Å². The van der Waals surface area contributed by atoms with Crippen LogP contribution in [0.1, 0.15) is 23.0 Å². The Balaban J connectivity index is 1.30. The SMILES string of the molecule is O=S(O[C@H]1O[C@@H]2COC(c3ccccc3)O[C@H]2[C@H](OCc2ccccc2)[C@@H]1OCc1ccccc1)c1ccccc1. The van der Waals surface area contributed by atoms with Crippen LogP contribution in [-0.4, -0.2) is 41.5 Å². The molecule has 6 rings (SSSR count). The second-order valence-electron chi connectivity index (χ2n) is 9.89. The van der Waals surface area contributed by atoms with Gasteiger partial charge in [-0.3, -0.25) is 4.18 Å². The van der Waals surface area contributed by atoms with E-state index >= 15 is 0 Å². The van der Waals surface area contributed by atoms with Gasteiger partial charge in [-0.2, -0.15) is 0 Å². The summed E-state index contributed by atoms with van der Waals surface area (Å²) in [7, 11) is 0. The number of benzene rings is 4. The van der Waals surface area contributed by atoms with E-state index in [2.05, 4.69) is 0 Å². The van der Waals surface area contributed by atoms with E-state index in [1.54, 1.807) is 12.1 Å². The molecular formula is C33H32O7S. The van der Waals surface area contributed by atoms with E-state index in [0.29, 0.717) is 11.5 Å². The Labute approximate surface area is 242 Å². The molecule has 2 fully saturated rings. The molecule has 0 bridgehead atoms. The van der Waals surface area contributed by atoms with Crippen LogP contribution in [0.3, 0.4) is 0 Å². The minimum absolute atomic E-state index is 0.249. The minimum Gasteiger partial charge on any atom is -0.368 e. The molecule has 41 heavy (non-hydrogen) atoms. The van der Waals surface area contributed by atoms with Gasteiger partial charge in [0.1, 0.15) is 24.4 Å². The van der Waals surface area contributed by atoms with E-state index in [4.69, 9.17) is 27.9 Å². The van der Waals surface area contributed by atoms with E-state index in [0.717, 1.165) is 16.7 Å². The zero-order chi connectivity index (χ0) is 27.9. The van der Waals surface area contributed by atoms with Gasteiger partial charge in [-0.25, -0.2) is 4.21 Å². The maximum absolute atomic E-state index is 13.3. The number of rotatable bonds is 10. The zero-order valence-corrected chi connectivity index (χ0v) is 23.2. The average molecular weight is 573 g/mol. The van der Waals surface area contributed by atoms with E-state index in [-0.39, 0.29) is 13.2 Å². The molecule has 7 atom stereocenters. The molecule has 212 valence electrons. The maximum Gasteiger partial charge on any atom is 0.202 e. The van der Waals surface area contributed by atoms with Crippen LogP contribution in [0.4, 0.5) is 0 Å². The summed E-state index contributed by atoms with van der Waals surface area (Å²) in [6.07, 6.45) is -3.99. The second kappa shape index (κ2) is 13.6. The minimum atomic E-state index is -1.80. The first-order valence-electron chi connectivity index (χ1n) is 13.7. The predicted octanol–water partition coefficient (Wildman–Crippen LogP) is 5.74. The average Bonchev–Trinajstić information content (AvgIpc) is 3.04. The highest BCUT2D eigenvalue weighted by Gasteiger charge is 2.52. The van der Waals surface area contributed by atoms with Crippen molar-refractivity contribution in [1.82, 2.24) is 0 Å². The lowest BCUT2D eigenvalue weighted by atomic mass is 9.97. The molecule has 0 aromatic heterocycles. The van der Waals surface area contributed by atoms with Crippen molar-refractivity contribution < 1.29 is 32.1 Å². The van der Waals surface area contributed by atoms with Crippen molar-refractivity contribution in [2.45, 2.75) is 55.1 Å². The second-order valence-corrected chi connectivity index (χ2v) is 11.0. The summed E-state index contributed by atoms with van der Waals surface area (Å²) in [4.78, 5) is 0.530. The third kappa shape index (κ3) is 6.99. The van der Waals surface area contributed by atoms with E-state index in [1.165, 1.54) is 0 Å². The van der Waals surface area contributed by atoms with E-state index in [9.17, 15) is 4.21 Å². The van der Waals surface area contributed by atoms with Gasteiger partial charge >= 0.3 is 0 Å². The van der Waals surface area contributed by atoms with Crippen molar-refractivity contribution in [2.75, 3.05) is 6.61 Å². The molecule has 0 amide bonds. The fraction of sp³-hybridized carbons (Fsp3) is 0.273. The van der Waals surface area contributed by atoms with E-state index in [1.807, 2.05) is 109 Å². The van der Waals surface area contributed by atoms with Gasteiger partial charge in [-0.1, -0.05) is 109 Å². The highest BCUT2D eigenvalue weighted by Crippen LogP contribution is 2.37. The molecule has 4 aromatic carbocycles. The Morgan fingerprint density at radius 1 is 0.659 bits per heavy atom. The van der Waals surface area contributed by atoms with Gasteiger partial charge < -0.3 is 23.7 Å². The summed E-state index contributed by atoms with van der Waals surface area (Å²) >= 11 is -1.80. The van der Waals surface area contributed by atoms with Gasteiger partial charge in [0.2, 0.25) is 6.29 Å². The molecule has 0 spiro atoms. The van der Waals surface area contributed by atoms with Crippen molar-refractivity contribution in [3.05, 3.63) is 138 Å². The zero-order valence-electron chi connectivity index (χ0n) is 22.4. The number of fused-ring (bicyclic) bond motifs is 1. The lowest BCUT2D eigenvalue weighted by Gasteiger charge is -2.48. The third-order valence-corrected chi connectivity index (χ3v) is 8.07. The van der Waals surface area contributed by atoms with Crippen LogP contribution in [0.5, 0.6) is 0 Å². The van der Waals surface area contributed by atoms with Crippen LogP contribution >= 0.6 is 0 Å². The topological polar surface area (TPSA) is 72.5 Å². The summed E-state index contributed by atoms with van der Waals surface area (Å²) in [6, 6.07) is 38.5. The van der Waals surface area contributed by atoms with E-state index < -0.39 is 48.1 Å². The molecule has 0 saturated carbocycles. The third-order valence-electron chi connectivity index (χ3n) is 7.04. The van der Waals surface area contributed by atoms with Gasteiger partial charge in [0, 0.05) is 5.56 Å². The van der Waals surface area contributed by atoms with Crippen molar-refractivity contribution in [3.8, 4) is 0 Å². The first-order chi connectivity index (χ1) is 20.2. The molecule has 8 heteroatoms. The molecule has 2 heterocycles. The van der Waals surface area contributed by atoms with Crippen LogP contribution in [0.2, 0.25) is 0 Å². The monoisotopic (exact) mass is 572 g/mol. The van der Waals surface area contributed by atoms with Crippen molar-refractivity contribution in [1.29, 1.82) is 0 Å². The molecule has 0 radical (unpaired) electrons. The number of ether oxygens (including phenoxy) is 5. The van der Waals surface area contributed by atoms with Crippen molar-refractivity contribution >= 4 is 11.1 Å². The fourth-order valence-electron chi connectivity index (χ4n) is 4.98. The summed E-state index contributed by atoms with van der Waals surface area (Å²) in [6.45, 7) is 0.862. The van der Waals surface area contributed by atoms with Gasteiger partial charge in [-0.15, -0.1) is 0 Å². The predicted molar refractivity (Wildman–Crippen MR) is 153 cm³/mol. The molecule has 0 N–H and O–H groups in total. The lowest BCUT2D eigenvalue weighted by molar-refractivity contribution is -0.360. The highest BCUT2D eigenvalue weighted by atomic mass is 32.2. The molecule has 0 aliphatic carbocycles. The normalized spacial score (nSPS) is 26.6. The standard InChI is InChI=1S/C33H32O7S/c34-41(27-19-11-4-12-20-27)40-33-31(36-22-25-15-7-2-8-16-25)30(35-21-24-13-5-1-6-14-24)29-28(38-33)23-37-32(39-29)26-17-9-3-10-18-26/h1-20,28-33H,21-23H2/t28-,29-,30+,31+,32?,33-,41?/m1/s1.